The molecule has 6 nitrogen and oxygen atoms in total. The van der Waals surface area contributed by atoms with Crippen LogP contribution in [-0.4, -0.2) is 48.6 Å². The summed E-state index contributed by atoms with van der Waals surface area (Å²) in [5.74, 6) is 0.108. The van der Waals surface area contributed by atoms with E-state index in [0.29, 0.717) is 19.8 Å². The van der Waals surface area contributed by atoms with E-state index in [-0.39, 0.29) is 18.9 Å². The summed E-state index contributed by atoms with van der Waals surface area (Å²) in [7, 11) is 0. The number of nitrogens with two attached hydrogens (primary N) is 1. The number of benzene rings is 1. The number of nitrogens with zero attached hydrogens (tertiary/aromatic N) is 1. The molecule has 0 aliphatic carbocycles. The van der Waals surface area contributed by atoms with Crippen molar-refractivity contribution in [2.45, 2.75) is 18.9 Å². The first-order valence-corrected chi connectivity index (χ1v) is 6.91. The van der Waals surface area contributed by atoms with E-state index in [2.05, 4.69) is 0 Å². The topological polar surface area (TPSA) is 81.9 Å². The lowest BCUT2D eigenvalue weighted by Gasteiger charge is -2.38. The summed E-state index contributed by atoms with van der Waals surface area (Å²) in [5.41, 5.74) is 4.21. The highest BCUT2D eigenvalue weighted by atomic mass is 16.5. The third kappa shape index (κ3) is 3.95. The summed E-state index contributed by atoms with van der Waals surface area (Å²) in [5, 5.41) is 0. The molecule has 0 unspecified atom stereocenters. The molecule has 1 heterocycles. The van der Waals surface area contributed by atoms with Gasteiger partial charge in [-0.05, 0) is 19.1 Å². The predicted molar refractivity (Wildman–Crippen MR) is 76.7 cm³/mol. The fourth-order valence-corrected chi connectivity index (χ4v) is 2.16. The molecule has 114 valence electrons. The first kappa shape index (κ1) is 15.3. The van der Waals surface area contributed by atoms with E-state index in [4.69, 9.17) is 15.2 Å². The number of ether oxygens (including phenoxy) is 2. The summed E-state index contributed by atoms with van der Waals surface area (Å²) >= 11 is 0. The van der Waals surface area contributed by atoms with Crippen molar-refractivity contribution in [3.8, 4) is 5.75 Å². The van der Waals surface area contributed by atoms with Crippen molar-refractivity contribution in [2.24, 2.45) is 5.73 Å². The molecule has 21 heavy (non-hydrogen) atoms. The standard InChI is InChI=1S/C15H20N2O4/c1-15(14(16)19)11-17(8-10-21-15)13(18)7-9-20-12-5-3-2-4-6-12/h2-6H,7-11H2,1H3,(H2,16,19)/t15-/m0/s1. The molecule has 0 radical (unpaired) electrons. The maximum Gasteiger partial charge on any atom is 0.251 e. The number of primary amides is 1. The van der Waals surface area contributed by atoms with E-state index in [1.807, 2.05) is 30.3 Å². The first-order valence-electron chi connectivity index (χ1n) is 6.91. The van der Waals surface area contributed by atoms with Gasteiger partial charge in [-0.25, -0.2) is 0 Å². The minimum Gasteiger partial charge on any atom is -0.493 e. The molecule has 1 atom stereocenters. The second kappa shape index (κ2) is 6.58. The smallest absolute Gasteiger partial charge is 0.251 e. The number of hydrogen-bond donors (Lipinski definition) is 1. The molecular formula is C15H20N2O4. The van der Waals surface area contributed by atoms with Crippen molar-refractivity contribution >= 4 is 11.8 Å². The summed E-state index contributed by atoms with van der Waals surface area (Å²) in [4.78, 5) is 25.1. The molecule has 2 amide bonds. The molecule has 1 saturated heterocycles. The van der Waals surface area contributed by atoms with Gasteiger partial charge >= 0.3 is 0 Å². The second-order valence-electron chi connectivity index (χ2n) is 5.17. The van der Waals surface area contributed by atoms with Gasteiger partial charge in [0.25, 0.3) is 5.91 Å². The van der Waals surface area contributed by atoms with E-state index in [1.165, 1.54) is 0 Å². The molecule has 0 aromatic heterocycles. The summed E-state index contributed by atoms with van der Waals surface area (Å²) in [6.07, 6.45) is 0.254. The van der Waals surface area contributed by atoms with Crippen LogP contribution in [0.3, 0.4) is 0 Å². The third-order valence-corrected chi connectivity index (χ3v) is 3.48. The van der Waals surface area contributed by atoms with Crippen molar-refractivity contribution in [1.29, 1.82) is 0 Å². The van der Waals surface area contributed by atoms with Crippen LogP contribution < -0.4 is 10.5 Å². The summed E-state index contributed by atoms with van der Waals surface area (Å²) < 4.78 is 10.9. The van der Waals surface area contributed by atoms with Crippen LogP contribution in [0.4, 0.5) is 0 Å². The van der Waals surface area contributed by atoms with Gasteiger partial charge in [-0.15, -0.1) is 0 Å². The van der Waals surface area contributed by atoms with Crippen molar-refractivity contribution in [3.63, 3.8) is 0 Å². The van der Waals surface area contributed by atoms with Gasteiger partial charge in [-0.3, -0.25) is 9.59 Å². The Morgan fingerprint density at radius 2 is 2.10 bits per heavy atom. The SMILES string of the molecule is C[C@@]1(C(N)=O)CN(C(=O)CCOc2ccccc2)CCO1. The Morgan fingerprint density at radius 1 is 1.38 bits per heavy atom. The lowest BCUT2D eigenvalue weighted by atomic mass is 10.0. The van der Waals surface area contributed by atoms with Gasteiger partial charge in [0.05, 0.1) is 26.2 Å². The van der Waals surface area contributed by atoms with E-state index in [0.717, 1.165) is 5.75 Å². The number of carbonyl (C=O) groups excluding carboxylic acids is 2. The quantitative estimate of drug-likeness (QED) is 0.859. The Balaban J connectivity index is 1.82. The highest BCUT2D eigenvalue weighted by Gasteiger charge is 2.38. The average Bonchev–Trinajstić information content (AvgIpc) is 2.48. The van der Waals surface area contributed by atoms with Gasteiger partial charge in [-0.1, -0.05) is 18.2 Å². The van der Waals surface area contributed by atoms with Crippen molar-refractivity contribution < 1.29 is 19.1 Å². The predicted octanol–water partition coefficient (Wildman–Crippen LogP) is 0.558. The number of para-hydroxylation sites is 1. The zero-order valence-electron chi connectivity index (χ0n) is 12.1. The molecule has 1 fully saturated rings. The first-order chi connectivity index (χ1) is 10.0. The fourth-order valence-electron chi connectivity index (χ4n) is 2.16. The Morgan fingerprint density at radius 3 is 2.76 bits per heavy atom. The van der Waals surface area contributed by atoms with Crippen LogP contribution >= 0.6 is 0 Å². The molecule has 0 saturated carbocycles. The molecule has 1 aliphatic rings. The van der Waals surface area contributed by atoms with E-state index in [9.17, 15) is 9.59 Å². The highest BCUT2D eigenvalue weighted by Crippen LogP contribution is 2.18. The van der Waals surface area contributed by atoms with Gasteiger partial charge in [0, 0.05) is 6.54 Å². The molecular weight excluding hydrogens is 272 g/mol. The normalized spacial score (nSPS) is 21.9. The van der Waals surface area contributed by atoms with Crippen LogP contribution in [0.25, 0.3) is 0 Å². The van der Waals surface area contributed by atoms with Crippen LogP contribution in [0.2, 0.25) is 0 Å². The largest absolute Gasteiger partial charge is 0.493 e. The Hall–Kier alpha value is -2.08. The zero-order chi connectivity index (χ0) is 15.3. The maximum atomic E-state index is 12.1. The van der Waals surface area contributed by atoms with Crippen molar-refractivity contribution in [2.75, 3.05) is 26.3 Å². The van der Waals surface area contributed by atoms with Gasteiger partial charge in [0.15, 0.2) is 5.60 Å². The van der Waals surface area contributed by atoms with Gasteiger partial charge in [0.2, 0.25) is 5.91 Å². The Kier molecular flexibility index (Phi) is 4.80. The summed E-state index contributed by atoms with van der Waals surface area (Å²) in [6.45, 7) is 2.87. The third-order valence-electron chi connectivity index (χ3n) is 3.48. The lowest BCUT2D eigenvalue weighted by Crippen LogP contribution is -2.58. The molecule has 2 rings (SSSR count). The van der Waals surface area contributed by atoms with Crippen LogP contribution in [0, 0.1) is 0 Å². The van der Waals surface area contributed by atoms with Crippen LogP contribution in [0.5, 0.6) is 5.75 Å². The molecule has 1 aliphatic heterocycles. The van der Waals surface area contributed by atoms with E-state index in [1.54, 1.807) is 11.8 Å². The highest BCUT2D eigenvalue weighted by molar-refractivity contribution is 5.85. The number of hydrogen-bond acceptors (Lipinski definition) is 4. The zero-order valence-corrected chi connectivity index (χ0v) is 12.1. The molecule has 6 heteroatoms. The fraction of sp³-hybridized carbons (Fsp3) is 0.467. The minimum atomic E-state index is -1.10. The molecule has 1 aromatic carbocycles. The molecule has 1 aromatic rings. The number of carbonyl (C=O) groups is 2. The van der Waals surface area contributed by atoms with Crippen molar-refractivity contribution in [3.05, 3.63) is 30.3 Å². The summed E-state index contributed by atoms with van der Waals surface area (Å²) in [6, 6.07) is 9.32. The Labute approximate surface area is 123 Å². The van der Waals surface area contributed by atoms with Crippen LogP contribution in [0.1, 0.15) is 13.3 Å². The van der Waals surface area contributed by atoms with Gasteiger partial charge < -0.3 is 20.1 Å². The van der Waals surface area contributed by atoms with Gasteiger partial charge in [0.1, 0.15) is 5.75 Å². The molecule has 0 bridgehead atoms. The monoisotopic (exact) mass is 292 g/mol. The van der Waals surface area contributed by atoms with Gasteiger partial charge in [-0.2, -0.15) is 0 Å². The maximum absolute atomic E-state index is 12.1. The number of amides is 2. The Bertz CT molecular complexity index is 506. The average molecular weight is 292 g/mol. The number of rotatable bonds is 5. The second-order valence-corrected chi connectivity index (χ2v) is 5.17. The van der Waals surface area contributed by atoms with E-state index < -0.39 is 11.5 Å². The lowest BCUT2D eigenvalue weighted by molar-refractivity contribution is -0.160. The minimum absolute atomic E-state index is 0.0679. The number of morpholine rings is 1. The van der Waals surface area contributed by atoms with Crippen LogP contribution in [0.15, 0.2) is 30.3 Å². The van der Waals surface area contributed by atoms with Crippen LogP contribution in [-0.2, 0) is 14.3 Å². The molecule has 2 N–H and O–H groups in total. The molecule has 0 spiro atoms. The van der Waals surface area contributed by atoms with E-state index >= 15 is 0 Å². The van der Waals surface area contributed by atoms with Crippen molar-refractivity contribution in [1.82, 2.24) is 4.90 Å².